The van der Waals surface area contributed by atoms with Gasteiger partial charge in [0.25, 0.3) is 0 Å². The summed E-state index contributed by atoms with van der Waals surface area (Å²) in [4.78, 5) is 14.4. The highest BCUT2D eigenvalue weighted by Crippen LogP contribution is 2.23. The van der Waals surface area contributed by atoms with Crippen LogP contribution in [-0.4, -0.2) is 37.0 Å². The van der Waals surface area contributed by atoms with Gasteiger partial charge in [-0.2, -0.15) is 0 Å². The summed E-state index contributed by atoms with van der Waals surface area (Å²) in [5.41, 5.74) is 6.83. The molecule has 2 atom stereocenters. The third-order valence-electron chi connectivity index (χ3n) is 4.08. The molecular weight excluding hydrogens is 252 g/mol. The van der Waals surface area contributed by atoms with Gasteiger partial charge >= 0.3 is 0 Å². The Bertz CT molecular complexity index is 444. The Morgan fingerprint density at radius 1 is 1.40 bits per heavy atom. The fourth-order valence-electron chi connectivity index (χ4n) is 2.82. The molecule has 0 saturated carbocycles. The van der Waals surface area contributed by atoms with Crippen molar-refractivity contribution in [3.8, 4) is 5.75 Å². The van der Waals surface area contributed by atoms with E-state index in [0.717, 1.165) is 30.7 Å². The van der Waals surface area contributed by atoms with E-state index < -0.39 is 0 Å². The fourth-order valence-corrected chi connectivity index (χ4v) is 2.82. The van der Waals surface area contributed by atoms with Gasteiger partial charge in [0, 0.05) is 19.1 Å². The van der Waals surface area contributed by atoms with Crippen LogP contribution in [-0.2, 0) is 11.2 Å². The van der Waals surface area contributed by atoms with Crippen LogP contribution >= 0.6 is 0 Å². The number of amides is 1. The molecule has 0 radical (unpaired) electrons. The van der Waals surface area contributed by atoms with Crippen molar-refractivity contribution in [1.82, 2.24) is 4.90 Å². The normalized spacial score (nSPS) is 22.6. The molecule has 1 fully saturated rings. The molecule has 0 aliphatic carbocycles. The molecule has 1 amide bonds. The van der Waals surface area contributed by atoms with Crippen molar-refractivity contribution in [3.63, 3.8) is 0 Å². The molecule has 2 N–H and O–H groups in total. The first kappa shape index (κ1) is 14.9. The highest BCUT2D eigenvalue weighted by molar-refractivity contribution is 5.79. The van der Waals surface area contributed by atoms with Gasteiger partial charge in [0.05, 0.1) is 13.5 Å². The molecule has 1 aromatic carbocycles. The van der Waals surface area contributed by atoms with Gasteiger partial charge in [-0.15, -0.1) is 0 Å². The van der Waals surface area contributed by atoms with Gasteiger partial charge < -0.3 is 15.4 Å². The number of nitrogens with two attached hydrogens (primary N) is 1. The van der Waals surface area contributed by atoms with Gasteiger partial charge in [-0.3, -0.25) is 4.79 Å². The van der Waals surface area contributed by atoms with Crippen LogP contribution in [0.3, 0.4) is 0 Å². The molecule has 4 nitrogen and oxygen atoms in total. The second-order valence-corrected chi connectivity index (χ2v) is 5.63. The fraction of sp³-hybridized carbons (Fsp3) is 0.562. The van der Waals surface area contributed by atoms with E-state index in [4.69, 9.17) is 10.5 Å². The van der Waals surface area contributed by atoms with Gasteiger partial charge in [-0.1, -0.05) is 19.1 Å². The number of rotatable bonds is 4. The Labute approximate surface area is 120 Å². The Morgan fingerprint density at radius 3 is 2.70 bits per heavy atom. The highest BCUT2D eigenvalue weighted by atomic mass is 16.5. The highest BCUT2D eigenvalue weighted by Gasteiger charge is 2.28. The molecular formula is C16H24N2O2. The Hall–Kier alpha value is -1.55. The van der Waals surface area contributed by atoms with Gasteiger partial charge in [-0.25, -0.2) is 0 Å². The molecule has 1 heterocycles. The number of nitrogens with zero attached hydrogens (tertiary/aromatic N) is 1. The van der Waals surface area contributed by atoms with Gasteiger partial charge in [0.2, 0.25) is 5.91 Å². The van der Waals surface area contributed by atoms with Crippen LogP contribution in [0.1, 0.15) is 25.3 Å². The first-order valence-electron chi connectivity index (χ1n) is 7.26. The van der Waals surface area contributed by atoms with Crippen LogP contribution in [0.25, 0.3) is 0 Å². The molecule has 20 heavy (non-hydrogen) atoms. The largest absolute Gasteiger partial charge is 0.497 e. The standard InChI is InChI=1S/C16H24N2O2/c1-12-7-8-18(14(9-12)11-17)16(19)10-13-3-5-15(20-2)6-4-13/h3-6,12,14H,7-11,17H2,1-2H3. The van der Waals surface area contributed by atoms with Crippen LogP contribution in [0.4, 0.5) is 0 Å². The zero-order valence-corrected chi connectivity index (χ0v) is 12.3. The Balaban J connectivity index is 1.99. The van der Waals surface area contributed by atoms with E-state index in [0.29, 0.717) is 18.9 Å². The minimum absolute atomic E-state index is 0.178. The summed E-state index contributed by atoms with van der Waals surface area (Å²) >= 11 is 0. The lowest BCUT2D eigenvalue weighted by molar-refractivity contribution is -0.134. The number of methoxy groups -OCH3 is 1. The van der Waals surface area contributed by atoms with Crippen LogP contribution < -0.4 is 10.5 Å². The van der Waals surface area contributed by atoms with Crippen molar-refractivity contribution in [2.45, 2.75) is 32.2 Å². The van der Waals surface area contributed by atoms with E-state index in [1.807, 2.05) is 29.2 Å². The molecule has 1 aliphatic heterocycles. The molecule has 0 bridgehead atoms. The third-order valence-corrected chi connectivity index (χ3v) is 4.08. The maximum Gasteiger partial charge on any atom is 0.227 e. The summed E-state index contributed by atoms with van der Waals surface area (Å²) in [5, 5.41) is 0. The Morgan fingerprint density at radius 2 is 2.10 bits per heavy atom. The number of likely N-dealkylation sites (tertiary alicyclic amines) is 1. The maximum atomic E-state index is 12.4. The van der Waals surface area contributed by atoms with Gasteiger partial charge in [0.1, 0.15) is 5.75 Å². The number of ether oxygens (including phenoxy) is 1. The van der Waals surface area contributed by atoms with Crippen molar-refractivity contribution < 1.29 is 9.53 Å². The summed E-state index contributed by atoms with van der Waals surface area (Å²) in [6.45, 7) is 3.62. The number of carbonyl (C=O) groups excluding carboxylic acids is 1. The minimum atomic E-state index is 0.178. The second-order valence-electron chi connectivity index (χ2n) is 5.63. The third kappa shape index (κ3) is 3.51. The van der Waals surface area contributed by atoms with E-state index in [1.54, 1.807) is 7.11 Å². The monoisotopic (exact) mass is 276 g/mol. The number of hydrogen-bond acceptors (Lipinski definition) is 3. The number of piperidine rings is 1. The molecule has 1 aliphatic rings. The molecule has 1 aromatic rings. The lowest BCUT2D eigenvalue weighted by Gasteiger charge is -2.38. The first-order chi connectivity index (χ1) is 9.63. The van der Waals surface area contributed by atoms with Crippen molar-refractivity contribution >= 4 is 5.91 Å². The van der Waals surface area contributed by atoms with Crippen LogP contribution in [0.15, 0.2) is 24.3 Å². The molecule has 4 heteroatoms. The van der Waals surface area contributed by atoms with Crippen LogP contribution in [0.2, 0.25) is 0 Å². The predicted octanol–water partition coefficient (Wildman–Crippen LogP) is 1.82. The SMILES string of the molecule is COc1ccc(CC(=O)N2CCC(C)CC2CN)cc1. The summed E-state index contributed by atoms with van der Waals surface area (Å²) < 4.78 is 5.12. The molecule has 110 valence electrons. The first-order valence-corrected chi connectivity index (χ1v) is 7.26. The second kappa shape index (κ2) is 6.75. The van der Waals surface area contributed by atoms with Crippen molar-refractivity contribution in [2.75, 3.05) is 20.2 Å². The van der Waals surface area contributed by atoms with Crippen molar-refractivity contribution in [2.24, 2.45) is 11.7 Å². The quantitative estimate of drug-likeness (QED) is 0.912. The van der Waals surface area contributed by atoms with E-state index in [9.17, 15) is 4.79 Å². The van der Waals surface area contributed by atoms with E-state index >= 15 is 0 Å². The Kier molecular flexibility index (Phi) is 5.01. The minimum Gasteiger partial charge on any atom is -0.497 e. The average Bonchev–Trinajstić information content (AvgIpc) is 2.47. The van der Waals surface area contributed by atoms with Crippen LogP contribution in [0.5, 0.6) is 5.75 Å². The summed E-state index contributed by atoms with van der Waals surface area (Å²) in [5.74, 6) is 1.65. The van der Waals surface area contributed by atoms with Crippen molar-refractivity contribution in [1.29, 1.82) is 0 Å². The lowest BCUT2D eigenvalue weighted by Crippen LogP contribution is -2.49. The molecule has 2 unspecified atom stereocenters. The number of benzene rings is 1. The summed E-state index contributed by atoms with van der Waals surface area (Å²) in [6.07, 6.45) is 2.53. The van der Waals surface area contributed by atoms with E-state index in [1.165, 1.54) is 0 Å². The van der Waals surface area contributed by atoms with E-state index in [2.05, 4.69) is 6.92 Å². The predicted molar refractivity (Wildman–Crippen MR) is 79.7 cm³/mol. The van der Waals surface area contributed by atoms with E-state index in [-0.39, 0.29) is 11.9 Å². The van der Waals surface area contributed by atoms with Gasteiger partial charge in [-0.05, 0) is 36.5 Å². The average molecular weight is 276 g/mol. The molecule has 0 spiro atoms. The zero-order chi connectivity index (χ0) is 14.5. The topological polar surface area (TPSA) is 55.6 Å². The van der Waals surface area contributed by atoms with Gasteiger partial charge in [0.15, 0.2) is 0 Å². The molecule has 2 rings (SSSR count). The number of hydrogen-bond donors (Lipinski definition) is 1. The number of carbonyl (C=O) groups is 1. The summed E-state index contributed by atoms with van der Waals surface area (Å²) in [6, 6.07) is 7.87. The van der Waals surface area contributed by atoms with Crippen LogP contribution in [0, 0.1) is 5.92 Å². The smallest absolute Gasteiger partial charge is 0.227 e. The lowest BCUT2D eigenvalue weighted by atomic mass is 9.92. The molecule has 0 aromatic heterocycles. The molecule has 1 saturated heterocycles. The van der Waals surface area contributed by atoms with Crippen molar-refractivity contribution in [3.05, 3.63) is 29.8 Å². The summed E-state index contributed by atoms with van der Waals surface area (Å²) in [7, 11) is 1.64. The zero-order valence-electron chi connectivity index (χ0n) is 12.3. The maximum absolute atomic E-state index is 12.4.